The summed E-state index contributed by atoms with van der Waals surface area (Å²) < 4.78 is 13.2. The molecule has 1 fully saturated rings. The second kappa shape index (κ2) is 7.47. The fourth-order valence-electron chi connectivity index (χ4n) is 3.19. The Morgan fingerprint density at radius 3 is 2.56 bits per heavy atom. The zero-order chi connectivity index (χ0) is 17.8. The molecule has 25 heavy (non-hydrogen) atoms. The first kappa shape index (κ1) is 17.1. The first-order valence-electron chi connectivity index (χ1n) is 8.44. The Morgan fingerprint density at radius 1 is 1.20 bits per heavy atom. The molecule has 1 aliphatic heterocycles. The molecule has 2 atom stereocenters. The third-order valence-electron chi connectivity index (χ3n) is 4.57. The molecular formula is C20H21FN2O2. The zero-order valence-corrected chi connectivity index (χ0v) is 14.1. The van der Waals surface area contributed by atoms with E-state index in [1.165, 1.54) is 12.1 Å². The number of amides is 2. The first-order chi connectivity index (χ1) is 12.1. The van der Waals surface area contributed by atoms with Gasteiger partial charge in [-0.2, -0.15) is 0 Å². The van der Waals surface area contributed by atoms with Gasteiger partial charge in [0.2, 0.25) is 11.8 Å². The summed E-state index contributed by atoms with van der Waals surface area (Å²) in [5.74, 6) is -0.595. The van der Waals surface area contributed by atoms with Crippen molar-refractivity contribution < 1.29 is 14.0 Å². The predicted molar refractivity (Wildman–Crippen MR) is 93.3 cm³/mol. The number of carbonyl (C=O) groups is 2. The van der Waals surface area contributed by atoms with Gasteiger partial charge in [-0.25, -0.2) is 4.39 Å². The maximum Gasteiger partial charge on any atom is 0.247 e. The lowest BCUT2D eigenvalue weighted by atomic mass is 9.95. The van der Waals surface area contributed by atoms with Crippen molar-refractivity contribution >= 4 is 11.8 Å². The molecule has 0 spiro atoms. The van der Waals surface area contributed by atoms with Gasteiger partial charge in [0, 0.05) is 19.5 Å². The molecule has 1 heterocycles. The summed E-state index contributed by atoms with van der Waals surface area (Å²) in [6.45, 7) is 2.89. The Hall–Kier alpha value is -2.69. The van der Waals surface area contributed by atoms with Crippen molar-refractivity contribution in [3.8, 4) is 0 Å². The highest BCUT2D eigenvalue weighted by Gasteiger charge is 2.34. The minimum atomic E-state index is -0.704. The summed E-state index contributed by atoms with van der Waals surface area (Å²) in [6, 6.07) is 14.9. The van der Waals surface area contributed by atoms with Crippen molar-refractivity contribution in [3.05, 3.63) is 71.5 Å². The summed E-state index contributed by atoms with van der Waals surface area (Å²) in [6.07, 6.45) is 0.328. The fourth-order valence-corrected chi connectivity index (χ4v) is 3.19. The lowest BCUT2D eigenvalue weighted by molar-refractivity contribution is -0.143. The molecule has 2 aromatic carbocycles. The van der Waals surface area contributed by atoms with Gasteiger partial charge in [-0.15, -0.1) is 0 Å². The summed E-state index contributed by atoms with van der Waals surface area (Å²) in [7, 11) is 0. The van der Waals surface area contributed by atoms with Gasteiger partial charge in [-0.05, 0) is 29.2 Å². The SMILES string of the molecule is CC(CC(=O)N1CCNC(=O)C1c1ccc(F)cc1)c1ccccc1. The van der Waals surface area contributed by atoms with E-state index < -0.39 is 6.04 Å². The molecule has 0 saturated carbocycles. The van der Waals surface area contributed by atoms with E-state index >= 15 is 0 Å². The zero-order valence-electron chi connectivity index (χ0n) is 14.1. The largest absolute Gasteiger partial charge is 0.352 e. The van der Waals surface area contributed by atoms with Crippen LogP contribution in [0, 0.1) is 5.82 Å². The van der Waals surface area contributed by atoms with Crippen LogP contribution in [0.15, 0.2) is 54.6 Å². The van der Waals surface area contributed by atoms with E-state index in [9.17, 15) is 14.0 Å². The van der Waals surface area contributed by atoms with Crippen molar-refractivity contribution in [1.82, 2.24) is 10.2 Å². The fraction of sp³-hybridized carbons (Fsp3) is 0.300. The van der Waals surface area contributed by atoms with Crippen LogP contribution in [0.4, 0.5) is 4.39 Å². The molecule has 0 bridgehead atoms. The lowest BCUT2D eigenvalue weighted by Crippen LogP contribution is -2.52. The molecule has 3 rings (SSSR count). The standard InChI is InChI=1S/C20H21FN2O2/c1-14(15-5-3-2-4-6-15)13-18(24)23-12-11-22-20(25)19(23)16-7-9-17(21)10-8-16/h2-10,14,19H,11-13H2,1H3,(H,22,25). The van der Waals surface area contributed by atoms with Gasteiger partial charge >= 0.3 is 0 Å². The second-order valence-corrected chi connectivity index (χ2v) is 6.35. The van der Waals surface area contributed by atoms with Crippen molar-refractivity contribution in [2.45, 2.75) is 25.3 Å². The molecule has 130 valence electrons. The highest BCUT2D eigenvalue weighted by Crippen LogP contribution is 2.27. The van der Waals surface area contributed by atoms with Gasteiger partial charge in [0.15, 0.2) is 0 Å². The van der Waals surface area contributed by atoms with Gasteiger partial charge in [0.1, 0.15) is 11.9 Å². The topological polar surface area (TPSA) is 49.4 Å². The summed E-state index contributed by atoms with van der Waals surface area (Å²) >= 11 is 0. The van der Waals surface area contributed by atoms with Gasteiger partial charge in [0.05, 0.1) is 0 Å². The van der Waals surface area contributed by atoms with Crippen LogP contribution in [0.5, 0.6) is 0 Å². The summed E-state index contributed by atoms with van der Waals surface area (Å²) in [4.78, 5) is 26.8. The van der Waals surface area contributed by atoms with Gasteiger partial charge in [-0.3, -0.25) is 9.59 Å². The third-order valence-corrected chi connectivity index (χ3v) is 4.57. The number of halogens is 1. The van der Waals surface area contributed by atoms with Gasteiger partial charge in [-0.1, -0.05) is 49.4 Å². The predicted octanol–water partition coefficient (Wildman–Crippen LogP) is 3.02. The molecular weight excluding hydrogens is 319 g/mol. The molecule has 1 N–H and O–H groups in total. The van der Waals surface area contributed by atoms with E-state index in [-0.39, 0.29) is 23.5 Å². The normalized spacial score (nSPS) is 18.6. The van der Waals surface area contributed by atoms with E-state index in [1.54, 1.807) is 17.0 Å². The Kier molecular flexibility index (Phi) is 5.12. The van der Waals surface area contributed by atoms with Crippen LogP contribution in [-0.2, 0) is 9.59 Å². The molecule has 4 nitrogen and oxygen atoms in total. The van der Waals surface area contributed by atoms with Crippen molar-refractivity contribution in [2.75, 3.05) is 13.1 Å². The molecule has 2 aromatic rings. The van der Waals surface area contributed by atoms with Crippen molar-refractivity contribution in [2.24, 2.45) is 0 Å². The van der Waals surface area contributed by atoms with E-state index in [0.717, 1.165) is 5.56 Å². The average molecular weight is 340 g/mol. The number of hydrogen-bond acceptors (Lipinski definition) is 2. The molecule has 5 heteroatoms. The first-order valence-corrected chi connectivity index (χ1v) is 8.44. The molecule has 1 aliphatic rings. The number of hydrogen-bond donors (Lipinski definition) is 1. The van der Waals surface area contributed by atoms with E-state index in [2.05, 4.69) is 5.32 Å². The maximum absolute atomic E-state index is 13.2. The summed E-state index contributed by atoms with van der Waals surface area (Å²) in [5, 5.41) is 2.79. The molecule has 0 aliphatic carbocycles. The number of nitrogens with zero attached hydrogens (tertiary/aromatic N) is 1. The molecule has 2 unspecified atom stereocenters. The minimum absolute atomic E-state index is 0.0626. The second-order valence-electron chi connectivity index (χ2n) is 6.35. The Bertz CT molecular complexity index is 746. The number of benzene rings is 2. The van der Waals surface area contributed by atoms with Gasteiger partial charge < -0.3 is 10.2 Å². The average Bonchev–Trinajstić information content (AvgIpc) is 2.63. The smallest absolute Gasteiger partial charge is 0.247 e. The van der Waals surface area contributed by atoms with Crippen LogP contribution in [-0.4, -0.2) is 29.8 Å². The van der Waals surface area contributed by atoms with Crippen LogP contribution in [0.25, 0.3) is 0 Å². The van der Waals surface area contributed by atoms with Crippen LogP contribution in [0.3, 0.4) is 0 Å². The lowest BCUT2D eigenvalue weighted by Gasteiger charge is -2.36. The molecule has 0 aromatic heterocycles. The third kappa shape index (κ3) is 3.87. The summed E-state index contributed by atoms with van der Waals surface area (Å²) in [5.41, 5.74) is 1.72. The van der Waals surface area contributed by atoms with Crippen LogP contribution >= 0.6 is 0 Å². The van der Waals surface area contributed by atoms with Crippen LogP contribution in [0.2, 0.25) is 0 Å². The highest BCUT2D eigenvalue weighted by atomic mass is 19.1. The molecule has 0 radical (unpaired) electrons. The molecule has 1 saturated heterocycles. The Labute approximate surface area is 146 Å². The van der Waals surface area contributed by atoms with Gasteiger partial charge in [0.25, 0.3) is 0 Å². The van der Waals surface area contributed by atoms with Crippen LogP contribution in [0.1, 0.15) is 36.4 Å². The minimum Gasteiger partial charge on any atom is -0.352 e. The van der Waals surface area contributed by atoms with E-state index in [4.69, 9.17) is 0 Å². The maximum atomic E-state index is 13.2. The number of carbonyl (C=O) groups excluding carboxylic acids is 2. The number of nitrogens with one attached hydrogen (secondary N) is 1. The number of piperazine rings is 1. The highest BCUT2D eigenvalue weighted by molar-refractivity contribution is 5.90. The Morgan fingerprint density at radius 2 is 1.88 bits per heavy atom. The Balaban J connectivity index is 1.79. The van der Waals surface area contributed by atoms with E-state index in [1.807, 2.05) is 37.3 Å². The van der Waals surface area contributed by atoms with Crippen molar-refractivity contribution in [3.63, 3.8) is 0 Å². The van der Waals surface area contributed by atoms with Crippen molar-refractivity contribution in [1.29, 1.82) is 0 Å². The molecule has 2 amide bonds. The quantitative estimate of drug-likeness (QED) is 0.930. The monoisotopic (exact) mass is 340 g/mol. The number of rotatable bonds is 4. The van der Waals surface area contributed by atoms with E-state index in [0.29, 0.717) is 25.1 Å². The van der Waals surface area contributed by atoms with Crippen LogP contribution < -0.4 is 5.32 Å².